The summed E-state index contributed by atoms with van der Waals surface area (Å²) in [5, 5.41) is 1.34. The molecule has 0 aliphatic rings. The van der Waals surface area contributed by atoms with Gasteiger partial charge in [-0.15, -0.1) is 0 Å². The molecule has 0 saturated carbocycles. The average Bonchev–Trinajstić information content (AvgIpc) is 1.91. The van der Waals surface area contributed by atoms with Crippen molar-refractivity contribution >= 4 is 23.4 Å². The SMILES string of the molecule is PNPc1ccccc1. The van der Waals surface area contributed by atoms with Crippen molar-refractivity contribution in [3.05, 3.63) is 30.3 Å². The summed E-state index contributed by atoms with van der Waals surface area (Å²) in [6.07, 6.45) is 0. The lowest BCUT2D eigenvalue weighted by atomic mass is 10.4. The van der Waals surface area contributed by atoms with Gasteiger partial charge in [0.15, 0.2) is 0 Å². The minimum atomic E-state index is 0.700. The van der Waals surface area contributed by atoms with Crippen LogP contribution < -0.4 is 10.2 Å². The molecule has 2 atom stereocenters. The van der Waals surface area contributed by atoms with E-state index in [0.29, 0.717) is 8.73 Å². The van der Waals surface area contributed by atoms with Gasteiger partial charge in [-0.25, -0.2) is 0 Å². The van der Waals surface area contributed by atoms with Gasteiger partial charge in [-0.05, 0) is 14.0 Å². The molecule has 1 nitrogen and oxygen atoms in total. The zero-order chi connectivity index (χ0) is 6.53. The maximum Gasteiger partial charge on any atom is -0.0123 e. The predicted molar refractivity (Wildman–Crippen MR) is 47.2 cm³/mol. The molecule has 9 heavy (non-hydrogen) atoms. The fraction of sp³-hybridized carbons (Fsp3) is 0. The molecule has 0 saturated heterocycles. The third-order valence-corrected chi connectivity index (χ3v) is 2.19. The molecule has 1 N–H and O–H groups in total. The van der Waals surface area contributed by atoms with E-state index in [2.05, 4.69) is 26.4 Å². The fourth-order valence-corrected chi connectivity index (χ4v) is 1.63. The second kappa shape index (κ2) is 3.95. The van der Waals surface area contributed by atoms with Crippen LogP contribution in [0.5, 0.6) is 0 Å². The van der Waals surface area contributed by atoms with Crippen LogP contribution >= 0.6 is 18.1 Å². The Morgan fingerprint density at radius 3 is 2.44 bits per heavy atom. The quantitative estimate of drug-likeness (QED) is 0.637. The Bertz CT molecular complexity index is 164. The van der Waals surface area contributed by atoms with E-state index in [1.807, 2.05) is 18.2 Å². The predicted octanol–water partition coefficient (Wildman–Crippen LogP) is 1.29. The molecule has 1 aromatic rings. The van der Waals surface area contributed by atoms with Crippen molar-refractivity contribution < 1.29 is 0 Å². The summed E-state index contributed by atoms with van der Waals surface area (Å²) in [6, 6.07) is 10.3. The number of benzene rings is 1. The number of nitrogens with one attached hydrogen (secondary N) is 1. The lowest BCUT2D eigenvalue weighted by molar-refractivity contribution is 1.72. The molecule has 0 amide bonds. The van der Waals surface area contributed by atoms with Crippen LogP contribution in [0.1, 0.15) is 0 Å². The van der Waals surface area contributed by atoms with Crippen LogP contribution in [0.25, 0.3) is 0 Å². The van der Waals surface area contributed by atoms with Gasteiger partial charge < -0.3 is 0 Å². The first-order chi connectivity index (χ1) is 4.43. The van der Waals surface area contributed by atoms with Gasteiger partial charge in [-0.3, -0.25) is 4.86 Å². The van der Waals surface area contributed by atoms with Crippen molar-refractivity contribution in [3.63, 3.8) is 0 Å². The molecule has 2 unspecified atom stereocenters. The van der Waals surface area contributed by atoms with Crippen molar-refractivity contribution in [2.24, 2.45) is 0 Å². The standard InChI is InChI=1S/C6H9NP2/c8-7-9-6-4-2-1-3-5-6/h1-5,7,9H,8H2. The Kier molecular flexibility index (Phi) is 3.14. The molecule has 0 fully saturated rings. The highest BCUT2D eigenvalue weighted by Gasteiger charge is 1.83. The van der Waals surface area contributed by atoms with Gasteiger partial charge in [0.25, 0.3) is 0 Å². The first-order valence-corrected chi connectivity index (χ1v) is 4.28. The van der Waals surface area contributed by atoms with E-state index in [9.17, 15) is 0 Å². The molecule has 0 aliphatic heterocycles. The van der Waals surface area contributed by atoms with Gasteiger partial charge in [-0.2, -0.15) is 0 Å². The molecular formula is C6H9NP2. The Labute approximate surface area is 59.3 Å². The number of hydrogen-bond acceptors (Lipinski definition) is 1. The second-order valence-corrected chi connectivity index (χ2v) is 3.62. The summed E-state index contributed by atoms with van der Waals surface area (Å²) < 4.78 is 0. The van der Waals surface area contributed by atoms with Gasteiger partial charge in [0, 0.05) is 0 Å². The molecule has 0 radical (unpaired) electrons. The molecule has 3 heteroatoms. The van der Waals surface area contributed by atoms with Crippen molar-refractivity contribution in [2.75, 3.05) is 0 Å². The highest BCUT2D eigenvalue weighted by Crippen LogP contribution is 2.04. The number of hydrogen-bond donors (Lipinski definition) is 1. The molecule has 0 bridgehead atoms. The van der Waals surface area contributed by atoms with Crippen LogP contribution in [-0.4, -0.2) is 0 Å². The summed E-state index contributed by atoms with van der Waals surface area (Å²) in [7, 11) is 3.19. The van der Waals surface area contributed by atoms with E-state index < -0.39 is 0 Å². The first kappa shape index (κ1) is 7.15. The molecule has 0 aromatic heterocycles. The molecule has 48 valence electrons. The lowest BCUT2D eigenvalue weighted by Gasteiger charge is -1.95. The molecule has 1 rings (SSSR count). The van der Waals surface area contributed by atoms with E-state index in [0.717, 1.165) is 0 Å². The van der Waals surface area contributed by atoms with E-state index in [-0.39, 0.29) is 0 Å². The van der Waals surface area contributed by atoms with Gasteiger partial charge in [0.2, 0.25) is 0 Å². The van der Waals surface area contributed by atoms with Crippen molar-refractivity contribution in [1.82, 2.24) is 4.86 Å². The Morgan fingerprint density at radius 1 is 1.22 bits per heavy atom. The monoisotopic (exact) mass is 157 g/mol. The van der Waals surface area contributed by atoms with Crippen LogP contribution in [0.15, 0.2) is 30.3 Å². The summed E-state index contributed by atoms with van der Waals surface area (Å²) in [6.45, 7) is 0. The Balaban J connectivity index is 2.61. The molecule has 0 heterocycles. The van der Waals surface area contributed by atoms with E-state index >= 15 is 0 Å². The fourth-order valence-electron chi connectivity index (χ4n) is 0.605. The Hall–Kier alpha value is 0.0400. The highest BCUT2D eigenvalue weighted by atomic mass is 31.1. The largest absolute Gasteiger partial charge is 0.278 e. The zero-order valence-electron chi connectivity index (χ0n) is 4.96. The van der Waals surface area contributed by atoms with Crippen molar-refractivity contribution in [3.8, 4) is 0 Å². The summed E-state index contributed by atoms with van der Waals surface area (Å²) in [5.74, 6) is 0. The van der Waals surface area contributed by atoms with Crippen LogP contribution in [0.2, 0.25) is 0 Å². The Morgan fingerprint density at radius 2 is 1.89 bits per heavy atom. The topological polar surface area (TPSA) is 12.0 Å². The minimum absolute atomic E-state index is 0.700. The van der Waals surface area contributed by atoms with E-state index in [1.165, 1.54) is 5.30 Å². The van der Waals surface area contributed by atoms with Crippen molar-refractivity contribution in [1.29, 1.82) is 0 Å². The molecule has 1 aromatic carbocycles. The average molecular weight is 157 g/mol. The van der Waals surface area contributed by atoms with Crippen LogP contribution in [-0.2, 0) is 0 Å². The van der Waals surface area contributed by atoms with Gasteiger partial charge >= 0.3 is 0 Å². The molecule has 0 spiro atoms. The normalized spacial score (nSPS) is 10.8. The lowest BCUT2D eigenvalue weighted by Crippen LogP contribution is -1.95. The van der Waals surface area contributed by atoms with Crippen LogP contribution in [0.3, 0.4) is 0 Å². The smallest absolute Gasteiger partial charge is 0.0123 e. The summed E-state index contributed by atoms with van der Waals surface area (Å²) >= 11 is 0. The molecular weight excluding hydrogens is 148 g/mol. The van der Waals surface area contributed by atoms with Gasteiger partial charge in [0.05, 0.1) is 0 Å². The summed E-state index contributed by atoms with van der Waals surface area (Å²) in [5.41, 5.74) is 0. The third kappa shape index (κ3) is 2.41. The second-order valence-electron chi connectivity index (χ2n) is 1.64. The highest BCUT2D eigenvalue weighted by molar-refractivity contribution is 7.51. The third-order valence-electron chi connectivity index (χ3n) is 0.990. The molecule has 0 aliphatic carbocycles. The van der Waals surface area contributed by atoms with Gasteiger partial charge in [-0.1, -0.05) is 39.7 Å². The van der Waals surface area contributed by atoms with Crippen LogP contribution in [0.4, 0.5) is 0 Å². The minimum Gasteiger partial charge on any atom is -0.278 e. The van der Waals surface area contributed by atoms with E-state index in [1.54, 1.807) is 0 Å². The van der Waals surface area contributed by atoms with E-state index in [4.69, 9.17) is 0 Å². The number of rotatable bonds is 2. The first-order valence-electron chi connectivity index (χ1n) is 2.70. The van der Waals surface area contributed by atoms with Crippen LogP contribution in [0, 0.1) is 0 Å². The zero-order valence-corrected chi connectivity index (χ0v) is 7.12. The maximum atomic E-state index is 3.03. The van der Waals surface area contributed by atoms with Gasteiger partial charge in [0.1, 0.15) is 0 Å². The maximum absolute atomic E-state index is 3.03. The summed E-state index contributed by atoms with van der Waals surface area (Å²) in [4.78, 5) is 3.03. The van der Waals surface area contributed by atoms with Crippen molar-refractivity contribution in [2.45, 2.75) is 0 Å².